The number of thiol groups is 1. The van der Waals surface area contributed by atoms with E-state index in [1.165, 1.54) is 16.4 Å². The van der Waals surface area contributed by atoms with Crippen molar-refractivity contribution < 1.29 is 14.7 Å². The standard InChI is InChI=1S/C13H13NO3S/c15-12(7-8-18)14-10-4-2-1-3-9(10)5-6-11(14)13(16)17/h1-4,7-8,11,18H,5-6H2,(H,16,17). The number of rotatable bonds is 2. The molecule has 1 N–H and O–H groups in total. The molecule has 1 aromatic rings. The largest absolute Gasteiger partial charge is 0.480 e. The van der Waals surface area contributed by atoms with Gasteiger partial charge in [0, 0.05) is 11.8 Å². The molecule has 1 unspecified atom stereocenters. The Morgan fingerprint density at radius 1 is 1.39 bits per heavy atom. The quantitative estimate of drug-likeness (QED) is 0.632. The lowest BCUT2D eigenvalue weighted by Gasteiger charge is -2.34. The van der Waals surface area contributed by atoms with E-state index in [4.69, 9.17) is 0 Å². The predicted molar refractivity (Wildman–Crippen MR) is 71.8 cm³/mol. The van der Waals surface area contributed by atoms with E-state index in [1.807, 2.05) is 12.1 Å². The average molecular weight is 263 g/mol. The number of amides is 1. The highest BCUT2D eigenvalue weighted by Gasteiger charge is 2.34. The van der Waals surface area contributed by atoms with Gasteiger partial charge in [-0.05, 0) is 29.9 Å². The van der Waals surface area contributed by atoms with Gasteiger partial charge < -0.3 is 5.11 Å². The van der Waals surface area contributed by atoms with E-state index in [0.29, 0.717) is 18.5 Å². The van der Waals surface area contributed by atoms with Crippen molar-refractivity contribution in [3.05, 3.63) is 41.3 Å². The molecule has 2 rings (SSSR count). The van der Waals surface area contributed by atoms with Crippen LogP contribution in [0.25, 0.3) is 0 Å². The molecular weight excluding hydrogens is 250 g/mol. The molecule has 0 saturated heterocycles. The van der Waals surface area contributed by atoms with Crippen LogP contribution in [0.3, 0.4) is 0 Å². The summed E-state index contributed by atoms with van der Waals surface area (Å²) in [6.45, 7) is 0. The topological polar surface area (TPSA) is 57.6 Å². The first kappa shape index (κ1) is 12.7. The lowest BCUT2D eigenvalue weighted by Crippen LogP contribution is -2.47. The third kappa shape index (κ3) is 2.26. The number of para-hydroxylation sites is 1. The second-order valence-corrected chi connectivity index (χ2v) is 4.34. The molecule has 4 nitrogen and oxygen atoms in total. The van der Waals surface area contributed by atoms with E-state index in [9.17, 15) is 14.7 Å². The lowest BCUT2D eigenvalue weighted by molar-refractivity contribution is -0.140. The van der Waals surface area contributed by atoms with Gasteiger partial charge >= 0.3 is 5.97 Å². The number of carbonyl (C=O) groups excluding carboxylic acids is 1. The number of hydrogen-bond acceptors (Lipinski definition) is 3. The number of anilines is 1. The second-order valence-electron chi connectivity index (χ2n) is 4.05. The number of aliphatic carboxylic acids is 1. The minimum Gasteiger partial charge on any atom is -0.480 e. The van der Waals surface area contributed by atoms with Crippen molar-refractivity contribution >= 4 is 30.2 Å². The van der Waals surface area contributed by atoms with Crippen LogP contribution in [0.4, 0.5) is 5.69 Å². The molecule has 94 valence electrons. The van der Waals surface area contributed by atoms with Crippen molar-refractivity contribution in [1.29, 1.82) is 0 Å². The zero-order valence-electron chi connectivity index (χ0n) is 9.61. The van der Waals surface area contributed by atoms with Gasteiger partial charge in [0.2, 0.25) is 0 Å². The van der Waals surface area contributed by atoms with E-state index in [0.717, 1.165) is 5.56 Å². The number of carbonyl (C=O) groups is 2. The van der Waals surface area contributed by atoms with Crippen molar-refractivity contribution in [3.63, 3.8) is 0 Å². The van der Waals surface area contributed by atoms with Gasteiger partial charge in [0.25, 0.3) is 5.91 Å². The van der Waals surface area contributed by atoms with Gasteiger partial charge in [-0.3, -0.25) is 9.69 Å². The Kier molecular flexibility index (Phi) is 3.72. The molecule has 0 spiro atoms. The Morgan fingerprint density at radius 2 is 2.11 bits per heavy atom. The fourth-order valence-electron chi connectivity index (χ4n) is 2.20. The number of hydrogen-bond donors (Lipinski definition) is 2. The van der Waals surface area contributed by atoms with Crippen LogP contribution in [0.5, 0.6) is 0 Å². The van der Waals surface area contributed by atoms with Gasteiger partial charge in [0.15, 0.2) is 0 Å². The number of aryl methyl sites for hydroxylation is 1. The molecule has 0 bridgehead atoms. The van der Waals surface area contributed by atoms with Crippen LogP contribution in [0.2, 0.25) is 0 Å². The third-order valence-corrected chi connectivity index (χ3v) is 3.14. The summed E-state index contributed by atoms with van der Waals surface area (Å²) in [5.74, 6) is -1.34. The van der Waals surface area contributed by atoms with Crippen LogP contribution < -0.4 is 4.90 Å². The highest BCUT2D eigenvalue weighted by atomic mass is 32.1. The van der Waals surface area contributed by atoms with Crippen molar-refractivity contribution in [2.45, 2.75) is 18.9 Å². The zero-order valence-corrected chi connectivity index (χ0v) is 10.5. The molecule has 1 aliphatic heterocycles. The van der Waals surface area contributed by atoms with E-state index in [1.54, 1.807) is 12.1 Å². The summed E-state index contributed by atoms with van der Waals surface area (Å²) in [5, 5.41) is 10.5. The van der Waals surface area contributed by atoms with Gasteiger partial charge in [0.05, 0.1) is 0 Å². The average Bonchev–Trinajstić information content (AvgIpc) is 2.37. The van der Waals surface area contributed by atoms with E-state index >= 15 is 0 Å². The summed E-state index contributed by atoms with van der Waals surface area (Å²) in [4.78, 5) is 24.6. The Balaban J connectivity index is 2.47. The second kappa shape index (κ2) is 5.27. The van der Waals surface area contributed by atoms with Crippen LogP contribution >= 0.6 is 12.6 Å². The Bertz CT molecular complexity index is 513. The molecule has 1 atom stereocenters. The highest BCUT2D eigenvalue weighted by Crippen LogP contribution is 2.30. The van der Waals surface area contributed by atoms with Crippen molar-refractivity contribution in [2.75, 3.05) is 4.90 Å². The first-order valence-corrected chi connectivity index (χ1v) is 6.11. The fourth-order valence-corrected chi connectivity index (χ4v) is 2.32. The van der Waals surface area contributed by atoms with Gasteiger partial charge in [0.1, 0.15) is 6.04 Å². The maximum absolute atomic E-state index is 12.0. The number of carboxylic acid groups (broad SMARTS) is 1. The van der Waals surface area contributed by atoms with Gasteiger partial charge in [-0.15, -0.1) is 0 Å². The monoisotopic (exact) mass is 263 g/mol. The maximum Gasteiger partial charge on any atom is 0.326 e. The molecule has 0 fully saturated rings. The SMILES string of the molecule is O=C(O)C1CCc2ccccc2N1C(=O)C=CS. The number of fused-ring (bicyclic) bond motifs is 1. The molecule has 0 saturated carbocycles. The highest BCUT2D eigenvalue weighted by molar-refractivity contribution is 7.83. The first-order valence-electron chi connectivity index (χ1n) is 5.60. The molecular formula is C13H13NO3S. The van der Waals surface area contributed by atoms with Crippen molar-refractivity contribution in [1.82, 2.24) is 0 Å². The molecule has 1 heterocycles. The molecule has 0 aromatic heterocycles. The molecule has 1 aromatic carbocycles. The van der Waals surface area contributed by atoms with E-state index in [2.05, 4.69) is 12.6 Å². The maximum atomic E-state index is 12.0. The molecule has 18 heavy (non-hydrogen) atoms. The van der Waals surface area contributed by atoms with Crippen LogP contribution in [0.15, 0.2) is 35.7 Å². The lowest BCUT2D eigenvalue weighted by atomic mass is 9.95. The van der Waals surface area contributed by atoms with Crippen molar-refractivity contribution in [3.8, 4) is 0 Å². The molecule has 0 radical (unpaired) electrons. The third-order valence-electron chi connectivity index (χ3n) is 2.99. The number of benzene rings is 1. The fraction of sp³-hybridized carbons (Fsp3) is 0.231. The van der Waals surface area contributed by atoms with Gasteiger partial charge in [-0.25, -0.2) is 4.79 Å². The van der Waals surface area contributed by atoms with Gasteiger partial charge in [-0.1, -0.05) is 18.2 Å². The zero-order chi connectivity index (χ0) is 13.1. The predicted octanol–water partition coefficient (Wildman–Crippen LogP) is 1.86. The smallest absolute Gasteiger partial charge is 0.326 e. The van der Waals surface area contributed by atoms with E-state index < -0.39 is 12.0 Å². The molecule has 1 amide bonds. The summed E-state index contributed by atoms with van der Waals surface area (Å²) in [5.41, 5.74) is 1.67. The Labute approximate surface area is 110 Å². The normalized spacial score (nSPS) is 18.7. The molecule has 1 aliphatic rings. The molecule has 0 aliphatic carbocycles. The summed E-state index contributed by atoms with van der Waals surface area (Å²) in [6.07, 6.45) is 2.36. The summed E-state index contributed by atoms with van der Waals surface area (Å²) < 4.78 is 0. The van der Waals surface area contributed by atoms with Crippen LogP contribution in [-0.4, -0.2) is 23.0 Å². The Morgan fingerprint density at radius 3 is 2.78 bits per heavy atom. The van der Waals surface area contributed by atoms with Crippen LogP contribution in [-0.2, 0) is 16.0 Å². The first-order chi connectivity index (χ1) is 8.65. The summed E-state index contributed by atoms with van der Waals surface area (Å²) in [7, 11) is 0. The summed E-state index contributed by atoms with van der Waals surface area (Å²) in [6, 6.07) is 6.56. The minimum atomic E-state index is -0.981. The summed E-state index contributed by atoms with van der Waals surface area (Å²) >= 11 is 3.86. The number of nitrogens with zero attached hydrogens (tertiary/aromatic N) is 1. The van der Waals surface area contributed by atoms with Gasteiger partial charge in [-0.2, -0.15) is 12.6 Å². The van der Waals surface area contributed by atoms with E-state index in [-0.39, 0.29) is 5.91 Å². The van der Waals surface area contributed by atoms with Crippen LogP contribution in [0, 0.1) is 0 Å². The molecule has 5 heteroatoms. The number of carboxylic acids is 1. The van der Waals surface area contributed by atoms with Crippen LogP contribution in [0.1, 0.15) is 12.0 Å². The van der Waals surface area contributed by atoms with Crippen molar-refractivity contribution in [2.24, 2.45) is 0 Å². The Hall–Kier alpha value is -1.75. The minimum absolute atomic E-state index is 0.357.